The molecule has 2 aliphatic rings. The molecule has 0 atom stereocenters. The Bertz CT molecular complexity index is 1120. The van der Waals surface area contributed by atoms with E-state index in [9.17, 15) is 0 Å². The lowest BCUT2D eigenvalue weighted by molar-refractivity contribution is 0.487. The van der Waals surface area contributed by atoms with Crippen molar-refractivity contribution in [2.45, 2.75) is 0 Å². The van der Waals surface area contributed by atoms with Gasteiger partial charge in [0.15, 0.2) is 0 Å². The summed E-state index contributed by atoms with van der Waals surface area (Å²) in [5.41, 5.74) is 7.19. The molecule has 0 spiro atoms. The largest absolute Gasteiger partial charge is 0.458 e. The number of hydrogen-bond donors (Lipinski definition) is 0. The van der Waals surface area contributed by atoms with Gasteiger partial charge >= 0.3 is 0 Å². The summed E-state index contributed by atoms with van der Waals surface area (Å²) in [6.07, 6.45) is 1.92. The summed E-state index contributed by atoms with van der Waals surface area (Å²) in [6, 6.07) is 21.0. The first kappa shape index (κ1) is 11.5. The average Bonchev–Trinajstić information content (AvgIpc) is 3.03. The van der Waals surface area contributed by atoms with Gasteiger partial charge in [-0.15, -0.1) is 0 Å². The molecule has 23 heavy (non-hydrogen) atoms. The number of hydrogen-bond acceptors (Lipinski definition) is 2. The summed E-state index contributed by atoms with van der Waals surface area (Å²) in [7, 11) is 0. The minimum atomic E-state index is 0.207. The molecule has 0 saturated carbocycles. The monoisotopic (exact) mass is 294 g/mol. The Labute approximate surface area is 133 Å². The highest BCUT2D eigenvalue weighted by molar-refractivity contribution is 6.99. The average molecular weight is 294 g/mol. The molecule has 0 N–H and O–H groups in total. The summed E-state index contributed by atoms with van der Waals surface area (Å²) >= 11 is 0. The van der Waals surface area contributed by atoms with Crippen LogP contribution in [0.1, 0.15) is 0 Å². The molecule has 0 unspecified atom stereocenters. The second-order valence-electron chi connectivity index (χ2n) is 6.09. The molecular formula is C19H11BN2O. The van der Waals surface area contributed by atoms with Crippen LogP contribution >= 0.6 is 0 Å². The molecule has 0 bridgehead atoms. The predicted octanol–water partition coefficient (Wildman–Crippen LogP) is 1.96. The third kappa shape index (κ3) is 1.30. The summed E-state index contributed by atoms with van der Waals surface area (Å²) < 4.78 is 8.37. The second-order valence-corrected chi connectivity index (χ2v) is 6.09. The maximum atomic E-state index is 6.18. The minimum Gasteiger partial charge on any atom is -0.458 e. The number of imidazole rings is 1. The van der Waals surface area contributed by atoms with Crippen LogP contribution in [-0.4, -0.2) is 16.3 Å². The van der Waals surface area contributed by atoms with Crippen LogP contribution in [-0.2, 0) is 0 Å². The maximum Gasteiger partial charge on any atom is 0.256 e. The van der Waals surface area contributed by atoms with Crippen molar-refractivity contribution in [3.05, 3.63) is 67.0 Å². The van der Waals surface area contributed by atoms with Gasteiger partial charge < -0.3 is 4.74 Å². The van der Waals surface area contributed by atoms with Crippen LogP contribution in [0.2, 0.25) is 0 Å². The van der Waals surface area contributed by atoms with Crippen molar-refractivity contribution < 1.29 is 4.74 Å². The molecular weight excluding hydrogens is 283 g/mol. The normalized spacial score (nSPS) is 13.5. The molecule has 4 aromatic rings. The van der Waals surface area contributed by atoms with E-state index < -0.39 is 0 Å². The Morgan fingerprint density at radius 2 is 1.65 bits per heavy atom. The summed E-state index contributed by atoms with van der Waals surface area (Å²) in [6.45, 7) is 0.207. The second kappa shape index (κ2) is 3.85. The standard InChI is InChI=1S/C19H11BN2O/c1-2-9-16-12(5-1)20-13-6-3-7-14-19(13)22(11-21-14)15-8-4-10-17(23-16)18(15)20/h1-11H. The van der Waals surface area contributed by atoms with Crippen molar-refractivity contribution in [3.63, 3.8) is 0 Å². The van der Waals surface area contributed by atoms with Gasteiger partial charge in [0.25, 0.3) is 6.71 Å². The van der Waals surface area contributed by atoms with Crippen LogP contribution < -0.4 is 21.1 Å². The van der Waals surface area contributed by atoms with Crippen molar-refractivity contribution in [3.8, 4) is 17.2 Å². The summed E-state index contributed by atoms with van der Waals surface area (Å²) in [4.78, 5) is 4.59. The fourth-order valence-electron chi connectivity index (χ4n) is 4.04. The molecule has 0 radical (unpaired) electrons. The van der Waals surface area contributed by atoms with Crippen LogP contribution in [0.3, 0.4) is 0 Å². The zero-order valence-corrected chi connectivity index (χ0v) is 12.2. The van der Waals surface area contributed by atoms with E-state index >= 15 is 0 Å². The Hall–Kier alpha value is -3.01. The van der Waals surface area contributed by atoms with Gasteiger partial charge in [-0.3, -0.25) is 4.57 Å². The summed E-state index contributed by atoms with van der Waals surface area (Å²) in [5, 5.41) is 0. The van der Waals surface area contributed by atoms with Crippen LogP contribution in [0.5, 0.6) is 11.5 Å². The number of rotatable bonds is 0. The highest BCUT2D eigenvalue weighted by Gasteiger charge is 2.39. The zero-order valence-electron chi connectivity index (χ0n) is 12.2. The van der Waals surface area contributed by atoms with E-state index in [0.29, 0.717) is 0 Å². The SMILES string of the molecule is c1ccc2c(c1)Oc1cccc3c1B2c1cccc2ncn-3c12. The fraction of sp³-hybridized carbons (Fsp3) is 0. The van der Waals surface area contributed by atoms with Gasteiger partial charge in [-0.1, -0.05) is 36.4 Å². The van der Waals surface area contributed by atoms with Gasteiger partial charge in [-0.25, -0.2) is 4.98 Å². The molecule has 0 saturated heterocycles. The van der Waals surface area contributed by atoms with Crippen LogP contribution in [0, 0.1) is 0 Å². The highest BCUT2D eigenvalue weighted by Crippen LogP contribution is 2.30. The number of fused-ring (bicyclic) bond motifs is 4. The Kier molecular flexibility index (Phi) is 1.93. The first-order valence-electron chi connectivity index (χ1n) is 7.78. The van der Waals surface area contributed by atoms with Crippen molar-refractivity contribution in [2.75, 3.05) is 0 Å². The molecule has 0 amide bonds. The number of aromatic nitrogens is 2. The molecule has 0 aliphatic carbocycles. The van der Waals surface area contributed by atoms with E-state index in [1.165, 1.54) is 27.6 Å². The Morgan fingerprint density at radius 1 is 0.826 bits per heavy atom. The molecule has 3 aromatic carbocycles. The minimum absolute atomic E-state index is 0.207. The smallest absolute Gasteiger partial charge is 0.256 e. The van der Waals surface area contributed by atoms with Gasteiger partial charge in [0.2, 0.25) is 0 Å². The number of para-hydroxylation sites is 2. The van der Waals surface area contributed by atoms with Gasteiger partial charge in [0.05, 0.1) is 11.0 Å². The fourth-order valence-corrected chi connectivity index (χ4v) is 4.04. The lowest BCUT2D eigenvalue weighted by atomic mass is 9.34. The van der Waals surface area contributed by atoms with E-state index in [-0.39, 0.29) is 6.71 Å². The van der Waals surface area contributed by atoms with E-state index in [1.807, 2.05) is 12.4 Å². The topological polar surface area (TPSA) is 27.1 Å². The molecule has 1 aromatic heterocycles. The van der Waals surface area contributed by atoms with Crippen LogP contribution in [0.25, 0.3) is 16.7 Å². The first-order valence-corrected chi connectivity index (χ1v) is 7.78. The molecule has 6 rings (SSSR count). The predicted molar refractivity (Wildman–Crippen MR) is 92.2 cm³/mol. The molecule has 0 fully saturated rings. The third-order valence-corrected chi connectivity index (χ3v) is 4.95. The lowest BCUT2D eigenvalue weighted by Gasteiger charge is -2.32. The number of benzene rings is 3. The molecule has 2 aliphatic heterocycles. The quantitative estimate of drug-likeness (QED) is 0.400. The van der Waals surface area contributed by atoms with Crippen molar-refractivity contribution in [2.24, 2.45) is 0 Å². The first-order chi connectivity index (χ1) is 11.4. The van der Waals surface area contributed by atoms with Gasteiger partial charge in [-0.05, 0) is 40.7 Å². The summed E-state index contributed by atoms with van der Waals surface area (Å²) in [5.74, 6) is 1.90. The maximum absolute atomic E-state index is 6.18. The lowest BCUT2D eigenvalue weighted by Crippen LogP contribution is -2.58. The Balaban J connectivity index is 1.84. The van der Waals surface area contributed by atoms with E-state index in [4.69, 9.17) is 4.74 Å². The van der Waals surface area contributed by atoms with E-state index in [0.717, 1.165) is 17.0 Å². The van der Waals surface area contributed by atoms with Crippen molar-refractivity contribution >= 4 is 34.1 Å². The van der Waals surface area contributed by atoms with Crippen LogP contribution in [0.15, 0.2) is 67.0 Å². The zero-order chi connectivity index (χ0) is 15.0. The third-order valence-electron chi connectivity index (χ3n) is 4.95. The molecule has 3 nitrogen and oxygen atoms in total. The van der Waals surface area contributed by atoms with E-state index in [2.05, 4.69) is 64.1 Å². The van der Waals surface area contributed by atoms with Crippen molar-refractivity contribution in [1.82, 2.24) is 9.55 Å². The van der Waals surface area contributed by atoms with E-state index in [1.54, 1.807) is 0 Å². The molecule has 106 valence electrons. The van der Waals surface area contributed by atoms with Crippen LogP contribution in [0.4, 0.5) is 0 Å². The Morgan fingerprint density at radius 3 is 2.65 bits per heavy atom. The van der Waals surface area contributed by atoms with Gasteiger partial charge in [0, 0.05) is 5.69 Å². The van der Waals surface area contributed by atoms with Crippen molar-refractivity contribution in [1.29, 1.82) is 0 Å². The van der Waals surface area contributed by atoms with Gasteiger partial charge in [0.1, 0.15) is 17.8 Å². The molecule has 3 heterocycles. The number of ether oxygens (including phenoxy) is 1. The highest BCUT2D eigenvalue weighted by atomic mass is 16.5. The van der Waals surface area contributed by atoms with Gasteiger partial charge in [-0.2, -0.15) is 0 Å². The number of nitrogens with zero attached hydrogens (tertiary/aromatic N) is 2. The molecule has 4 heteroatoms.